The molecule has 0 unspecified atom stereocenters. The van der Waals surface area contributed by atoms with Crippen LogP contribution in [0.1, 0.15) is 12.8 Å². The Balaban J connectivity index is 5.25. The van der Waals surface area contributed by atoms with Crippen molar-refractivity contribution in [2.75, 3.05) is 35.0 Å². The van der Waals surface area contributed by atoms with Crippen LogP contribution in [0.2, 0.25) is 0 Å². The van der Waals surface area contributed by atoms with Crippen LogP contribution >= 0.6 is 15.2 Å². The summed E-state index contributed by atoms with van der Waals surface area (Å²) in [7, 11) is -2.16. The van der Waals surface area contributed by atoms with Crippen LogP contribution in [0, 0.1) is 0 Å². The van der Waals surface area contributed by atoms with Gasteiger partial charge in [-0.05, 0) is 19.4 Å². The van der Waals surface area contributed by atoms with E-state index in [0.717, 1.165) is 0 Å². The van der Waals surface area contributed by atoms with Crippen molar-refractivity contribution >= 4 is 15.2 Å². The Hall–Kier alpha value is 0.260. The minimum absolute atomic E-state index is 0.272. The van der Waals surface area contributed by atoms with E-state index in [2.05, 4.69) is 0 Å². The highest BCUT2D eigenvalue weighted by Gasteiger charge is 2.48. The van der Waals surface area contributed by atoms with Crippen molar-refractivity contribution in [1.82, 2.24) is 0 Å². The van der Waals surface area contributed by atoms with Gasteiger partial charge in [0.25, 0.3) is 0 Å². The van der Waals surface area contributed by atoms with Gasteiger partial charge < -0.3 is 23.8 Å². The minimum atomic E-state index is -3.54. The Labute approximate surface area is 102 Å². The summed E-state index contributed by atoms with van der Waals surface area (Å²) in [5.41, 5.74) is 5.39. The molecular weight excluding hydrogens is 268 g/mol. The Morgan fingerprint density at radius 2 is 1.29 bits per heavy atom. The second kappa shape index (κ2) is 7.64. The minimum Gasteiger partial charge on any atom is -0.330 e. The lowest BCUT2D eigenvalue weighted by atomic mass is 10.3. The third-order valence-electron chi connectivity index (χ3n) is 2.41. The molecule has 7 nitrogen and oxygen atoms in total. The maximum atomic E-state index is 12.3. The van der Waals surface area contributed by atoms with Gasteiger partial charge in [0.05, 0.1) is 0 Å². The van der Waals surface area contributed by atoms with Crippen molar-refractivity contribution in [1.29, 1.82) is 0 Å². The molecule has 17 heavy (non-hydrogen) atoms. The van der Waals surface area contributed by atoms with Gasteiger partial charge in [-0.3, -0.25) is 9.13 Å². The molecule has 0 saturated heterocycles. The first-order valence-corrected chi connectivity index (χ1v) is 8.29. The average Bonchev–Trinajstić information content (AvgIpc) is 2.38. The highest BCUT2D eigenvalue weighted by atomic mass is 31.2. The van der Waals surface area contributed by atoms with E-state index >= 15 is 0 Å². The Bertz CT molecular complexity index is 268. The zero-order valence-electron chi connectivity index (χ0n) is 10.6. The van der Waals surface area contributed by atoms with Crippen LogP contribution in [0.15, 0.2) is 0 Å². The van der Waals surface area contributed by atoms with Crippen molar-refractivity contribution < 1.29 is 27.2 Å². The van der Waals surface area contributed by atoms with E-state index in [9.17, 15) is 9.13 Å². The first-order chi connectivity index (χ1) is 7.94. The molecule has 0 aliphatic rings. The molecule has 0 aliphatic carbocycles. The normalized spacial score (nSPS) is 13.3. The van der Waals surface area contributed by atoms with Crippen molar-refractivity contribution in [3.8, 4) is 0 Å². The lowest BCUT2D eigenvalue weighted by Gasteiger charge is -2.28. The van der Waals surface area contributed by atoms with E-state index in [1.807, 2.05) is 0 Å². The van der Waals surface area contributed by atoms with Gasteiger partial charge in [-0.15, -0.1) is 0 Å². The average molecular weight is 289 g/mol. The molecule has 0 atom stereocenters. The fourth-order valence-corrected chi connectivity index (χ4v) is 6.21. The largest absolute Gasteiger partial charge is 0.345 e. The zero-order valence-corrected chi connectivity index (χ0v) is 12.4. The maximum absolute atomic E-state index is 12.3. The summed E-state index contributed by atoms with van der Waals surface area (Å²) in [6, 6.07) is 0. The molecule has 0 fully saturated rings. The second-order valence-electron chi connectivity index (χ2n) is 3.22. The fraction of sp³-hybridized carbons (Fsp3) is 1.00. The third kappa shape index (κ3) is 4.14. The Morgan fingerprint density at radius 3 is 1.53 bits per heavy atom. The van der Waals surface area contributed by atoms with E-state index in [-0.39, 0.29) is 6.42 Å². The zero-order chi connectivity index (χ0) is 13.5. The van der Waals surface area contributed by atoms with Crippen LogP contribution in [0.3, 0.4) is 0 Å². The Kier molecular flexibility index (Phi) is 7.76. The first-order valence-electron chi connectivity index (χ1n) is 5.06. The van der Waals surface area contributed by atoms with Crippen LogP contribution < -0.4 is 5.73 Å². The smallest absolute Gasteiger partial charge is 0.330 e. The molecule has 0 amide bonds. The summed E-state index contributed by atoms with van der Waals surface area (Å²) in [4.78, 5) is 0. The fourth-order valence-electron chi connectivity index (χ4n) is 1.43. The lowest BCUT2D eigenvalue weighted by molar-refractivity contribution is 0.244. The summed E-state index contributed by atoms with van der Waals surface area (Å²) in [5.74, 6) is 0. The van der Waals surface area contributed by atoms with Crippen molar-refractivity contribution in [2.24, 2.45) is 5.73 Å². The molecule has 0 radical (unpaired) electrons. The molecule has 0 spiro atoms. The molecule has 104 valence electrons. The summed E-state index contributed by atoms with van der Waals surface area (Å²) in [6.45, 7) is 0.372. The van der Waals surface area contributed by atoms with Crippen molar-refractivity contribution in [3.63, 3.8) is 0 Å². The molecule has 0 aromatic carbocycles. The van der Waals surface area contributed by atoms with Crippen molar-refractivity contribution in [3.05, 3.63) is 0 Å². The third-order valence-corrected chi connectivity index (χ3v) is 8.12. The van der Waals surface area contributed by atoms with Gasteiger partial charge in [-0.25, -0.2) is 0 Å². The van der Waals surface area contributed by atoms with Crippen molar-refractivity contribution in [2.45, 2.75) is 18.2 Å². The SMILES string of the molecule is COP(=O)(OC)C(CCCN)P(=O)(OC)OC. The summed E-state index contributed by atoms with van der Waals surface area (Å²) in [6.07, 6.45) is 0.784. The highest BCUT2D eigenvalue weighted by Crippen LogP contribution is 2.70. The topological polar surface area (TPSA) is 97.1 Å². The molecule has 9 heteroatoms. The predicted octanol–water partition coefficient (Wildman–Crippen LogP) is 2.02. The van der Waals surface area contributed by atoms with Gasteiger partial charge in [0.15, 0.2) is 5.40 Å². The predicted molar refractivity (Wildman–Crippen MR) is 65.3 cm³/mol. The van der Waals surface area contributed by atoms with E-state index in [0.29, 0.717) is 13.0 Å². The standard InChI is InChI=1S/C8H21NO6P2/c1-12-16(10,13-2)8(6-5-7-9)17(11,14-3)15-4/h8H,5-7,9H2,1-4H3. The Morgan fingerprint density at radius 1 is 0.941 bits per heavy atom. The summed E-state index contributed by atoms with van der Waals surface area (Å²) in [5, 5.41) is -0.969. The van der Waals surface area contributed by atoms with Gasteiger partial charge in [-0.1, -0.05) is 0 Å². The first kappa shape index (κ1) is 17.3. The maximum Gasteiger partial charge on any atom is 0.345 e. The van der Waals surface area contributed by atoms with Crippen LogP contribution in [0.5, 0.6) is 0 Å². The van der Waals surface area contributed by atoms with E-state index in [4.69, 9.17) is 23.8 Å². The molecular formula is C8H21NO6P2. The van der Waals surface area contributed by atoms with Gasteiger partial charge in [0, 0.05) is 28.4 Å². The molecule has 0 rings (SSSR count). The van der Waals surface area contributed by atoms with E-state index < -0.39 is 20.6 Å². The molecule has 0 saturated carbocycles. The van der Waals surface area contributed by atoms with Gasteiger partial charge in [0.2, 0.25) is 0 Å². The lowest BCUT2D eigenvalue weighted by Crippen LogP contribution is -2.16. The van der Waals surface area contributed by atoms with Crippen LogP contribution in [0.25, 0.3) is 0 Å². The second-order valence-corrected chi connectivity index (χ2v) is 8.50. The number of hydrogen-bond acceptors (Lipinski definition) is 7. The van der Waals surface area contributed by atoms with E-state index in [1.165, 1.54) is 28.4 Å². The molecule has 0 heterocycles. The summed E-state index contributed by atoms with van der Waals surface area (Å²) < 4.78 is 44.0. The van der Waals surface area contributed by atoms with E-state index in [1.54, 1.807) is 0 Å². The molecule has 0 aromatic heterocycles. The van der Waals surface area contributed by atoms with Gasteiger partial charge in [0.1, 0.15) is 0 Å². The molecule has 2 N–H and O–H groups in total. The quantitative estimate of drug-likeness (QED) is 0.648. The van der Waals surface area contributed by atoms with Gasteiger partial charge >= 0.3 is 15.2 Å². The summed E-state index contributed by atoms with van der Waals surface area (Å²) >= 11 is 0. The molecule has 0 aliphatic heterocycles. The highest BCUT2D eigenvalue weighted by molar-refractivity contribution is 7.72. The number of nitrogens with two attached hydrogens (primary N) is 1. The molecule has 0 aromatic rings. The van der Waals surface area contributed by atoms with Gasteiger partial charge in [-0.2, -0.15) is 0 Å². The number of hydrogen-bond donors (Lipinski definition) is 1. The number of rotatable bonds is 9. The van der Waals surface area contributed by atoms with Crippen LogP contribution in [-0.2, 0) is 27.2 Å². The van der Waals surface area contributed by atoms with Crippen LogP contribution in [-0.4, -0.2) is 40.4 Å². The monoisotopic (exact) mass is 289 g/mol. The molecule has 0 bridgehead atoms. The van der Waals surface area contributed by atoms with Crippen LogP contribution in [0.4, 0.5) is 0 Å².